The van der Waals surface area contributed by atoms with Crippen molar-refractivity contribution in [3.8, 4) is 0 Å². The van der Waals surface area contributed by atoms with Crippen LogP contribution in [0.2, 0.25) is 0 Å². The fourth-order valence-corrected chi connectivity index (χ4v) is 1.85. The Morgan fingerprint density at radius 3 is 2.71 bits per heavy atom. The molecule has 1 aromatic rings. The Bertz CT molecular complexity index is 472. The van der Waals surface area contributed by atoms with E-state index in [1.807, 2.05) is 0 Å². The average molecular weight is 353 g/mol. The summed E-state index contributed by atoms with van der Waals surface area (Å²) in [5, 5.41) is 4.69. The van der Waals surface area contributed by atoms with Crippen LogP contribution in [0.1, 0.15) is 18.8 Å². The van der Waals surface area contributed by atoms with Crippen LogP contribution in [0.15, 0.2) is 12.4 Å². The minimum atomic E-state index is -2.91. The van der Waals surface area contributed by atoms with Crippen molar-refractivity contribution < 1.29 is 22.4 Å². The normalized spacial score (nSPS) is 19.8. The van der Waals surface area contributed by atoms with E-state index in [1.54, 1.807) is 0 Å². The second kappa shape index (κ2) is 7.81. The number of hydrogen-bond donors (Lipinski definition) is 2. The Labute approximate surface area is 130 Å². The van der Waals surface area contributed by atoms with E-state index in [0.717, 1.165) is 6.20 Å². The van der Waals surface area contributed by atoms with Gasteiger partial charge in [0.25, 0.3) is 5.92 Å². The molecule has 1 amide bonds. The van der Waals surface area contributed by atoms with Crippen LogP contribution in [0.4, 0.5) is 17.6 Å². The monoisotopic (exact) mass is 352 g/mol. The lowest BCUT2D eigenvalue weighted by Crippen LogP contribution is -2.40. The molecular formula is C10H14Cl2F4N4O. The molecule has 5 nitrogen and oxygen atoms in total. The second-order valence-corrected chi connectivity index (χ2v) is 4.24. The van der Waals surface area contributed by atoms with Gasteiger partial charge in [0.05, 0.1) is 19.1 Å². The Balaban J connectivity index is 0.00000200. The maximum atomic E-state index is 12.9. The van der Waals surface area contributed by atoms with E-state index in [-0.39, 0.29) is 37.2 Å². The smallest absolute Gasteiger partial charge is 0.319 e. The van der Waals surface area contributed by atoms with Crippen molar-refractivity contribution in [2.45, 2.75) is 31.5 Å². The largest absolute Gasteiger partial charge is 0.348 e. The first-order chi connectivity index (χ1) is 8.89. The van der Waals surface area contributed by atoms with Gasteiger partial charge in [0.2, 0.25) is 5.91 Å². The molecule has 21 heavy (non-hydrogen) atoms. The van der Waals surface area contributed by atoms with E-state index in [9.17, 15) is 22.4 Å². The highest BCUT2D eigenvalue weighted by Crippen LogP contribution is 2.25. The minimum absolute atomic E-state index is 0. The predicted molar refractivity (Wildman–Crippen MR) is 71.2 cm³/mol. The van der Waals surface area contributed by atoms with Crippen LogP contribution >= 0.6 is 24.8 Å². The van der Waals surface area contributed by atoms with Crippen molar-refractivity contribution in [1.82, 2.24) is 20.2 Å². The quantitative estimate of drug-likeness (QED) is 0.811. The summed E-state index contributed by atoms with van der Waals surface area (Å²) in [6.45, 7) is -3.56. The zero-order valence-electron chi connectivity index (χ0n) is 10.6. The Kier molecular flexibility index (Phi) is 7.41. The van der Waals surface area contributed by atoms with Crippen LogP contribution < -0.4 is 10.6 Å². The van der Waals surface area contributed by atoms with E-state index < -0.39 is 37.4 Å². The van der Waals surface area contributed by atoms with Crippen molar-refractivity contribution >= 4 is 30.7 Å². The van der Waals surface area contributed by atoms with Crippen LogP contribution in [0.25, 0.3) is 0 Å². The van der Waals surface area contributed by atoms with Gasteiger partial charge in [-0.25, -0.2) is 13.8 Å². The summed E-state index contributed by atoms with van der Waals surface area (Å²) in [4.78, 5) is 15.2. The summed E-state index contributed by atoms with van der Waals surface area (Å²) >= 11 is 0. The number of carbonyl (C=O) groups excluding carboxylic acids is 1. The van der Waals surface area contributed by atoms with Crippen molar-refractivity contribution in [2.24, 2.45) is 0 Å². The molecule has 0 aliphatic carbocycles. The number of hydrogen-bond acceptors (Lipinski definition) is 3. The average Bonchev–Trinajstić information content (AvgIpc) is 2.92. The highest BCUT2D eigenvalue weighted by atomic mass is 35.5. The summed E-state index contributed by atoms with van der Waals surface area (Å²) in [5.41, 5.74) is 0. The van der Waals surface area contributed by atoms with Crippen molar-refractivity contribution in [2.75, 3.05) is 6.54 Å². The summed E-state index contributed by atoms with van der Waals surface area (Å²) in [5.74, 6) is -3.60. The molecule has 2 N–H and O–H groups in total. The van der Waals surface area contributed by atoms with Gasteiger partial charge in [-0.2, -0.15) is 8.78 Å². The number of rotatable bonds is 4. The van der Waals surface area contributed by atoms with Gasteiger partial charge in [-0.3, -0.25) is 14.7 Å². The van der Waals surface area contributed by atoms with Crippen LogP contribution in [-0.2, 0) is 11.3 Å². The van der Waals surface area contributed by atoms with E-state index >= 15 is 0 Å². The molecule has 0 saturated carbocycles. The summed E-state index contributed by atoms with van der Waals surface area (Å²) in [6.07, 6.45) is 1.66. The highest BCUT2D eigenvalue weighted by Gasteiger charge is 2.42. The zero-order chi connectivity index (χ0) is 14.0. The van der Waals surface area contributed by atoms with E-state index in [2.05, 4.69) is 15.6 Å². The molecule has 1 atom stereocenters. The molecule has 2 heterocycles. The molecule has 1 aliphatic heterocycles. The van der Waals surface area contributed by atoms with Crippen molar-refractivity contribution in [3.63, 3.8) is 0 Å². The second-order valence-electron chi connectivity index (χ2n) is 4.24. The molecule has 1 saturated heterocycles. The Morgan fingerprint density at radius 1 is 1.52 bits per heavy atom. The Hall–Kier alpha value is -1.06. The fraction of sp³-hybridized carbons (Fsp3) is 0.600. The number of alkyl halides is 4. The number of halogens is 6. The maximum absolute atomic E-state index is 12.9. The molecule has 1 aliphatic rings. The molecular weight excluding hydrogens is 339 g/mol. The Morgan fingerprint density at radius 2 is 2.19 bits per heavy atom. The number of nitrogens with one attached hydrogen (secondary N) is 2. The third-order valence-electron chi connectivity index (χ3n) is 2.81. The van der Waals surface area contributed by atoms with Crippen molar-refractivity contribution in [1.29, 1.82) is 0 Å². The molecule has 0 bridgehead atoms. The van der Waals surface area contributed by atoms with E-state index in [0.29, 0.717) is 4.57 Å². The van der Waals surface area contributed by atoms with E-state index in [4.69, 9.17) is 0 Å². The molecule has 0 radical (unpaired) electrons. The van der Waals surface area contributed by atoms with Gasteiger partial charge >= 0.3 is 6.55 Å². The molecule has 2 rings (SSSR count). The molecule has 122 valence electrons. The van der Waals surface area contributed by atoms with Crippen LogP contribution in [0, 0.1) is 0 Å². The number of carbonyl (C=O) groups is 1. The molecule has 0 spiro atoms. The number of aromatic nitrogens is 2. The molecule has 0 aromatic carbocycles. The predicted octanol–water partition coefficient (Wildman–Crippen LogP) is 1.74. The molecule has 1 aromatic heterocycles. The van der Waals surface area contributed by atoms with Crippen LogP contribution in [-0.4, -0.2) is 34.0 Å². The van der Waals surface area contributed by atoms with Crippen LogP contribution in [0.5, 0.6) is 0 Å². The summed E-state index contributed by atoms with van der Waals surface area (Å²) in [6, 6.07) is -1.01. The van der Waals surface area contributed by atoms with Gasteiger partial charge in [0.15, 0.2) is 0 Å². The number of amides is 1. The van der Waals surface area contributed by atoms with Crippen LogP contribution in [0.3, 0.4) is 0 Å². The van der Waals surface area contributed by atoms with Gasteiger partial charge in [-0.05, 0) is 0 Å². The first-order valence-corrected chi connectivity index (χ1v) is 5.58. The van der Waals surface area contributed by atoms with Crippen molar-refractivity contribution in [3.05, 3.63) is 18.2 Å². The summed E-state index contributed by atoms with van der Waals surface area (Å²) in [7, 11) is 0. The summed E-state index contributed by atoms with van der Waals surface area (Å²) < 4.78 is 51.3. The lowest BCUT2D eigenvalue weighted by molar-refractivity contribution is -0.123. The van der Waals surface area contributed by atoms with Gasteiger partial charge in [-0.15, -0.1) is 24.8 Å². The SMILES string of the molecule is Cl.Cl.O=C(NCc1nccn1C(F)F)C1CC(F)(F)CN1. The third kappa shape index (κ3) is 5.01. The highest BCUT2D eigenvalue weighted by molar-refractivity contribution is 5.85. The van der Waals surface area contributed by atoms with Gasteiger partial charge in [0.1, 0.15) is 5.82 Å². The van der Waals surface area contributed by atoms with E-state index in [1.165, 1.54) is 6.20 Å². The first-order valence-electron chi connectivity index (χ1n) is 5.58. The molecule has 11 heteroatoms. The zero-order valence-corrected chi connectivity index (χ0v) is 12.2. The number of nitrogens with zero attached hydrogens (tertiary/aromatic N) is 2. The van der Waals surface area contributed by atoms with Gasteiger partial charge in [0, 0.05) is 18.8 Å². The van der Waals surface area contributed by atoms with Gasteiger partial charge in [-0.1, -0.05) is 0 Å². The topological polar surface area (TPSA) is 59.0 Å². The standard InChI is InChI=1S/C10H12F4N4O.2ClH/c11-9(12)18-2-1-15-7(18)4-16-8(19)6-3-10(13,14)5-17-6;;/h1-2,6,9,17H,3-5H2,(H,16,19);2*1H. The minimum Gasteiger partial charge on any atom is -0.348 e. The first kappa shape index (κ1) is 19.9. The number of imidazole rings is 1. The van der Waals surface area contributed by atoms with Gasteiger partial charge < -0.3 is 5.32 Å². The lowest BCUT2D eigenvalue weighted by atomic mass is 10.2. The maximum Gasteiger partial charge on any atom is 0.319 e. The molecule has 1 fully saturated rings. The third-order valence-corrected chi connectivity index (χ3v) is 2.81. The lowest BCUT2D eigenvalue weighted by Gasteiger charge is -2.12. The fourth-order valence-electron chi connectivity index (χ4n) is 1.85. The molecule has 1 unspecified atom stereocenters.